The van der Waals surface area contributed by atoms with Gasteiger partial charge in [-0.2, -0.15) is 0 Å². The molecular weight excluding hydrogens is 254 g/mol. The minimum absolute atomic E-state index is 0.00365. The van der Waals surface area contributed by atoms with Gasteiger partial charge in [0, 0.05) is 13.1 Å². The number of halogens is 1. The number of hydrogen-bond donors (Lipinski definition) is 0. The van der Waals surface area contributed by atoms with Gasteiger partial charge in [0.15, 0.2) is 0 Å². The summed E-state index contributed by atoms with van der Waals surface area (Å²) in [6, 6.07) is 2.78. The topological polar surface area (TPSA) is 59.3 Å². The van der Waals surface area contributed by atoms with Crippen LogP contribution in [-0.4, -0.2) is 23.0 Å². The monoisotopic (exact) mass is 269 g/mol. The van der Waals surface area contributed by atoms with Crippen LogP contribution in [-0.2, 0) is 0 Å². The minimum Gasteiger partial charge on any atom is -0.356 e. The maximum absolute atomic E-state index is 10.8. The summed E-state index contributed by atoms with van der Waals surface area (Å²) in [7, 11) is 0. The summed E-state index contributed by atoms with van der Waals surface area (Å²) < 4.78 is 0. The Labute approximate surface area is 111 Å². The van der Waals surface area contributed by atoms with Gasteiger partial charge in [-0.3, -0.25) is 10.1 Å². The Bertz CT molecular complexity index is 453. The lowest BCUT2D eigenvalue weighted by Gasteiger charge is -2.17. The summed E-state index contributed by atoms with van der Waals surface area (Å²) >= 11 is 5.83. The molecule has 1 aliphatic rings. The van der Waals surface area contributed by atoms with E-state index in [0.29, 0.717) is 11.7 Å². The minimum atomic E-state index is -0.434. The zero-order valence-electron chi connectivity index (χ0n) is 10.3. The van der Waals surface area contributed by atoms with Crippen molar-refractivity contribution in [2.45, 2.75) is 26.2 Å². The number of rotatable bonds is 4. The maximum Gasteiger partial charge on any atom is 0.276 e. The predicted octanol–water partition coefficient (Wildman–Crippen LogP) is 3.27. The molecule has 1 aliphatic heterocycles. The Morgan fingerprint density at radius 3 is 3.06 bits per heavy atom. The third-order valence-corrected chi connectivity index (χ3v) is 3.48. The van der Waals surface area contributed by atoms with Crippen molar-refractivity contribution in [2.24, 2.45) is 5.92 Å². The fourth-order valence-corrected chi connectivity index (χ4v) is 2.62. The Kier molecular flexibility index (Phi) is 4.01. The smallest absolute Gasteiger partial charge is 0.276 e. The van der Waals surface area contributed by atoms with E-state index < -0.39 is 4.92 Å². The lowest BCUT2D eigenvalue weighted by atomic mass is 10.0. The Morgan fingerprint density at radius 2 is 2.39 bits per heavy atom. The molecule has 1 aromatic rings. The number of nitrogens with zero attached hydrogens (tertiary/aromatic N) is 3. The summed E-state index contributed by atoms with van der Waals surface area (Å²) in [5, 5.41) is 11.0. The predicted molar refractivity (Wildman–Crippen MR) is 71.1 cm³/mol. The van der Waals surface area contributed by atoms with Crippen LogP contribution in [0.15, 0.2) is 12.1 Å². The van der Waals surface area contributed by atoms with Crippen LogP contribution in [0.1, 0.15) is 26.2 Å². The van der Waals surface area contributed by atoms with Crippen LogP contribution in [0.3, 0.4) is 0 Å². The fraction of sp³-hybridized carbons (Fsp3) is 0.583. The molecule has 0 spiro atoms. The van der Waals surface area contributed by atoms with E-state index in [0.717, 1.165) is 19.5 Å². The number of hydrogen-bond acceptors (Lipinski definition) is 4. The molecule has 5 nitrogen and oxygen atoms in total. The SMILES string of the molecule is CCCC1CCN(c2cc([N+](=O)[O-])cc(Cl)n2)C1. The third kappa shape index (κ3) is 2.90. The van der Waals surface area contributed by atoms with Gasteiger partial charge < -0.3 is 4.90 Å². The fourth-order valence-electron chi connectivity index (χ4n) is 2.42. The Balaban J connectivity index is 2.16. The molecule has 6 heteroatoms. The van der Waals surface area contributed by atoms with Gasteiger partial charge in [0.1, 0.15) is 11.0 Å². The maximum atomic E-state index is 10.8. The molecule has 1 fully saturated rings. The Morgan fingerprint density at radius 1 is 1.61 bits per heavy atom. The first-order valence-electron chi connectivity index (χ1n) is 6.17. The van der Waals surface area contributed by atoms with Crippen molar-refractivity contribution in [1.82, 2.24) is 4.98 Å². The second-order valence-electron chi connectivity index (χ2n) is 4.65. The van der Waals surface area contributed by atoms with Crippen LogP contribution < -0.4 is 4.90 Å². The van der Waals surface area contributed by atoms with Gasteiger partial charge in [-0.1, -0.05) is 24.9 Å². The molecule has 1 atom stereocenters. The van der Waals surface area contributed by atoms with Crippen molar-refractivity contribution in [3.05, 3.63) is 27.4 Å². The average molecular weight is 270 g/mol. The van der Waals surface area contributed by atoms with Crippen molar-refractivity contribution in [3.63, 3.8) is 0 Å². The first kappa shape index (κ1) is 13.1. The van der Waals surface area contributed by atoms with Gasteiger partial charge in [0.05, 0.1) is 17.1 Å². The van der Waals surface area contributed by atoms with E-state index in [2.05, 4.69) is 16.8 Å². The number of pyridine rings is 1. The summed E-state index contributed by atoms with van der Waals surface area (Å²) in [5.41, 5.74) is 0.00365. The van der Waals surface area contributed by atoms with Gasteiger partial charge in [-0.25, -0.2) is 4.98 Å². The highest BCUT2D eigenvalue weighted by Crippen LogP contribution is 2.29. The van der Waals surface area contributed by atoms with Gasteiger partial charge in [-0.15, -0.1) is 0 Å². The summed E-state index contributed by atoms with van der Waals surface area (Å²) in [6.07, 6.45) is 3.48. The number of aromatic nitrogens is 1. The van der Waals surface area contributed by atoms with Gasteiger partial charge in [0.25, 0.3) is 5.69 Å². The number of anilines is 1. The summed E-state index contributed by atoms with van der Waals surface area (Å²) in [5.74, 6) is 1.28. The van der Waals surface area contributed by atoms with Crippen molar-refractivity contribution in [1.29, 1.82) is 0 Å². The van der Waals surface area contributed by atoms with Crippen LogP contribution in [0.5, 0.6) is 0 Å². The van der Waals surface area contributed by atoms with Crippen molar-refractivity contribution < 1.29 is 4.92 Å². The zero-order chi connectivity index (χ0) is 13.1. The molecule has 0 aromatic carbocycles. The molecule has 0 bridgehead atoms. The average Bonchev–Trinajstić information content (AvgIpc) is 2.77. The van der Waals surface area contributed by atoms with Crippen LogP contribution in [0.2, 0.25) is 5.15 Å². The molecule has 0 aliphatic carbocycles. The highest BCUT2D eigenvalue weighted by molar-refractivity contribution is 6.29. The molecule has 0 amide bonds. The van der Waals surface area contributed by atoms with E-state index in [1.807, 2.05) is 0 Å². The molecule has 0 radical (unpaired) electrons. The van der Waals surface area contributed by atoms with E-state index in [4.69, 9.17) is 11.6 Å². The second kappa shape index (κ2) is 5.52. The number of nitro groups is 1. The van der Waals surface area contributed by atoms with E-state index in [-0.39, 0.29) is 10.8 Å². The summed E-state index contributed by atoms with van der Waals surface area (Å²) in [4.78, 5) is 16.6. The highest BCUT2D eigenvalue weighted by atomic mass is 35.5. The van der Waals surface area contributed by atoms with Crippen LogP contribution >= 0.6 is 11.6 Å². The molecule has 1 unspecified atom stereocenters. The van der Waals surface area contributed by atoms with E-state index in [1.165, 1.54) is 25.0 Å². The van der Waals surface area contributed by atoms with Gasteiger partial charge >= 0.3 is 0 Å². The second-order valence-corrected chi connectivity index (χ2v) is 5.04. The van der Waals surface area contributed by atoms with Crippen molar-refractivity contribution >= 4 is 23.1 Å². The van der Waals surface area contributed by atoms with E-state index in [9.17, 15) is 10.1 Å². The van der Waals surface area contributed by atoms with Crippen molar-refractivity contribution in [3.8, 4) is 0 Å². The normalized spacial score (nSPS) is 19.2. The Hall–Kier alpha value is -1.36. The van der Waals surface area contributed by atoms with Crippen LogP contribution in [0.4, 0.5) is 11.5 Å². The first-order chi connectivity index (χ1) is 8.60. The van der Waals surface area contributed by atoms with Crippen LogP contribution in [0.25, 0.3) is 0 Å². The van der Waals surface area contributed by atoms with Crippen molar-refractivity contribution in [2.75, 3.05) is 18.0 Å². The third-order valence-electron chi connectivity index (χ3n) is 3.28. The molecular formula is C12H16ClN3O2. The lowest BCUT2D eigenvalue weighted by Crippen LogP contribution is -2.20. The van der Waals surface area contributed by atoms with Crippen LogP contribution in [0, 0.1) is 16.0 Å². The van der Waals surface area contributed by atoms with E-state index in [1.54, 1.807) is 0 Å². The molecule has 0 N–H and O–H groups in total. The van der Waals surface area contributed by atoms with E-state index >= 15 is 0 Å². The molecule has 1 aromatic heterocycles. The molecule has 18 heavy (non-hydrogen) atoms. The standard InChI is InChI=1S/C12H16ClN3O2/c1-2-3-9-4-5-15(8-9)12-7-10(16(17)18)6-11(13)14-12/h6-7,9H,2-5,8H2,1H3. The highest BCUT2D eigenvalue weighted by Gasteiger charge is 2.24. The van der Waals surface area contributed by atoms with Gasteiger partial charge in [0.2, 0.25) is 0 Å². The largest absolute Gasteiger partial charge is 0.356 e. The zero-order valence-corrected chi connectivity index (χ0v) is 11.1. The molecule has 2 rings (SSSR count). The molecule has 2 heterocycles. The van der Waals surface area contributed by atoms with Gasteiger partial charge in [-0.05, 0) is 18.8 Å². The summed E-state index contributed by atoms with van der Waals surface area (Å²) in [6.45, 7) is 3.98. The first-order valence-corrected chi connectivity index (χ1v) is 6.55. The lowest BCUT2D eigenvalue weighted by molar-refractivity contribution is -0.384. The molecule has 98 valence electrons. The quantitative estimate of drug-likeness (QED) is 0.478. The molecule has 1 saturated heterocycles. The molecule has 0 saturated carbocycles.